The van der Waals surface area contributed by atoms with Crippen LogP contribution in [0.25, 0.3) is 0 Å². The van der Waals surface area contributed by atoms with E-state index in [9.17, 15) is 4.79 Å². The summed E-state index contributed by atoms with van der Waals surface area (Å²) in [6.07, 6.45) is 0.416. The van der Waals surface area contributed by atoms with Crippen LogP contribution in [0.5, 0.6) is 0 Å². The van der Waals surface area contributed by atoms with Crippen molar-refractivity contribution in [2.45, 2.75) is 19.4 Å². The lowest BCUT2D eigenvalue weighted by molar-refractivity contribution is 0.0976. The van der Waals surface area contributed by atoms with Crippen LogP contribution in [0, 0.1) is 10.5 Å². The fraction of sp³-hybridized carbons (Fsp3) is 0.136. The van der Waals surface area contributed by atoms with Crippen molar-refractivity contribution in [1.29, 1.82) is 0 Å². The van der Waals surface area contributed by atoms with Crippen LogP contribution in [0.1, 0.15) is 33.9 Å². The molecule has 0 heterocycles. The maximum absolute atomic E-state index is 12.7. The molecule has 0 radical (unpaired) electrons. The van der Waals surface area contributed by atoms with E-state index in [1.165, 1.54) is 3.57 Å². The second-order valence-electron chi connectivity index (χ2n) is 6.11. The highest BCUT2D eigenvalue weighted by molar-refractivity contribution is 14.1. The van der Waals surface area contributed by atoms with Crippen molar-refractivity contribution in [1.82, 2.24) is 0 Å². The minimum absolute atomic E-state index is 0.0601. The molecule has 0 saturated heterocycles. The number of benzene rings is 3. The van der Waals surface area contributed by atoms with Crippen LogP contribution in [0.15, 0.2) is 78.9 Å². The SMILES string of the molecule is Cc1ccc(C(=O)CC(Nc2ccc(I)cc2)c2ccccc2)cc1. The first-order chi connectivity index (χ1) is 12.1. The van der Waals surface area contributed by atoms with Gasteiger partial charge in [-0.25, -0.2) is 0 Å². The van der Waals surface area contributed by atoms with E-state index >= 15 is 0 Å². The van der Waals surface area contributed by atoms with Crippen molar-refractivity contribution in [3.63, 3.8) is 0 Å². The summed E-state index contributed by atoms with van der Waals surface area (Å²) < 4.78 is 1.19. The van der Waals surface area contributed by atoms with Gasteiger partial charge < -0.3 is 5.32 Å². The van der Waals surface area contributed by atoms with Gasteiger partial charge >= 0.3 is 0 Å². The van der Waals surface area contributed by atoms with Crippen LogP contribution < -0.4 is 5.32 Å². The normalized spacial score (nSPS) is 11.8. The van der Waals surface area contributed by atoms with Crippen LogP contribution in [0.2, 0.25) is 0 Å². The van der Waals surface area contributed by atoms with Gasteiger partial charge in [-0.05, 0) is 59.3 Å². The van der Waals surface area contributed by atoms with Crippen LogP contribution in [0.4, 0.5) is 5.69 Å². The summed E-state index contributed by atoms with van der Waals surface area (Å²) in [6.45, 7) is 2.03. The highest BCUT2D eigenvalue weighted by atomic mass is 127. The van der Waals surface area contributed by atoms with Gasteiger partial charge in [0.1, 0.15) is 0 Å². The fourth-order valence-electron chi connectivity index (χ4n) is 2.73. The zero-order chi connectivity index (χ0) is 17.6. The van der Waals surface area contributed by atoms with Crippen molar-refractivity contribution in [3.8, 4) is 0 Å². The topological polar surface area (TPSA) is 29.1 Å². The Labute approximate surface area is 162 Å². The molecule has 0 amide bonds. The molecule has 1 atom stereocenters. The number of aryl methyl sites for hydroxylation is 1. The Hall–Kier alpha value is -2.14. The Kier molecular flexibility index (Phi) is 5.87. The largest absolute Gasteiger partial charge is 0.378 e. The molecule has 0 saturated carbocycles. The van der Waals surface area contributed by atoms with E-state index in [2.05, 4.69) is 52.2 Å². The molecule has 0 bridgehead atoms. The van der Waals surface area contributed by atoms with Crippen molar-refractivity contribution in [2.24, 2.45) is 0 Å². The lowest BCUT2D eigenvalue weighted by Crippen LogP contribution is -2.15. The summed E-state index contributed by atoms with van der Waals surface area (Å²) in [5.41, 5.74) is 4.05. The smallest absolute Gasteiger partial charge is 0.165 e. The molecule has 25 heavy (non-hydrogen) atoms. The molecular weight excluding hydrogens is 421 g/mol. The molecule has 0 aliphatic rings. The first kappa shape index (κ1) is 17.7. The Morgan fingerprint density at radius 2 is 1.56 bits per heavy atom. The van der Waals surface area contributed by atoms with Crippen molar-refractivity contribution >= 4 is 34.1 Å². The molecular formula is C22H20INO. The van der Waals surface area contributed by atoms with Crippen LogP contribution >= 0.6 is 22.6 Å². The Bertz CT molecular complexity index is 826. The number of ketones is 1. The molecule has 3 aromatic rings. The predicted octanol–water partition coefficient (Wildman–Crippen LogP) is 6.03. The molecule has 1 N–H and O–H groups in total. The molecule has 126 valence electrons. The van der Waals surface area contributed by atoms with Gasteiger partial charge in [0.05, 0.1) is 6.04 Å². The second kappa shape index (κ2) is 8.30. The van der Waals surface area contributed by atoms with Crippen LogP contribution in [-0.2, 0) is 0 Å². The molecule has 0 spiro atoms. The van der Waals surface area contributed by atoms with E-state index in [1.807, 2.05) is 61.5 Å². The summed E-state index contributed by atoms with van der Waals surface area (Å²) in [5.74, 6) is 0.145. The summed E-state index contributed by atoms with van der Waals surface area (Å²) in [4.78, 5) is 12.7. The molecule has 0 aromatic heterocycles. The second-order valence-corrected chi connectivity index (χ2v) is 7.35. The maximum Gasteiger partial charge on any atom is 0.165 e. The van der Waals surface area contributed by atoms with Gasteiger partial charge in [0, 0.05) is 21.2 Å². The van der Waals surface area contributed by atoms with Gasteiger partial charge in [0.2, 0.25) is 0 Å². The quantitative estimate of drug-likeness (QED) is 0.374. The number of nitrogens with one attached hydrogen (secondary N) is 1. The van der Waals surface area contributed by atoms with Gasteiger partial charge in [-0.3, -0.25) is 4.79 Å². The zero-order valence-electron chi connectivity index (χ0n) is 14.1. The lowest BCUT2D eigenvalue weighted by Gasteiger charge is -2.20. The number of carbonyl (C=O) groups is 1. The maximum atomic E-state index is 12.7. The molecule has 0 fully saturated rings. The third-order valence-corrected chi connectivity index (χ3v) is 4.87. The van der Waals surface area contributed by atoms with Gasteiger partial charge in [-0.2, -0.15) is 0 Å². The zero-order valence-corrected chi connectivity index (χ0v) is 16.2. The predicted molar refractivity (Wildman–Crippen MR) is 112 cm³/mol. The number of anilines is 1. The first-order valence-corrected chi connectivity index (χ1v) is 9.36. The number of hydrogen-bond donors (Lipinski definition) is 1. The highest BCUT2D eigenvalue weighted by Crippen LogP contribution is 2.25. The molecule has 1 unspecified atom stereocenters. The molecule has 2 nitrogen and oxygen atoms in total. The molecule has 3 aromatic carbocycles. The van der Waals surface area contributed by atoms with E-state index in [4.69, 9.17) is 0 Å². The summed E-state index contributed by atoms with van der Waals surface area (Å²) in [5, 5.41) is 3.51. The molecule has 3 heteroatoms. The Morgan fingerprint density at radius 3 is 2.20 bits per heavy atom. The average molecular weight is 441 g/mol. The Morgan fingerprint density at radius 1 is 0.920 bits per heavy atom. The third kappa shape index (κ3) is 4.92. The molecule has 3 rings (SSSR count). The minimum atomic E-state index is -0.0601. The van der Waals surface area contributed by atoms with Crippen molar-refractivity contribution in [3.05, 3.63) is 99.1 Å². The molecule has 0 aliphatic heterocycles. The van der Waals surface area contributed by atoms with Crippen molar-refractivity contribution in [2.75, 3.05) is 5.32 Å². The van der Waals surface area contributed by atoms with Gasteiger partial charge in [0.15, 0.2) is 5.78 Å². The number of hydrogen-bond acceptors (Lipinski definition) is 2. The fourth-order valence-corrected chi connectivity index (χ4v) is 3.09. The van der Waals surface area contributed by atoms with Gasteiger partial charge in [-0.1, -0.05) is 60.2 Å². The minimum Gasteiger partial charge on any atom is -0.378 e. The average Bonchev–Trinajstić information content (AvgIpc) is 2.64. The van der Waals surface area contributed by atoms with E-state index < -0.39 is 0 Å². The van der Waals surface area contributed by atoms with Crippen molar-refractivity contribution < 1.29 is 4.79 Å². The summed E-state index contributed by atoms with van der Waals surface area (Å²) in [6, 6.07) is 26.1. The number of rotatable bonds is 6. The third-order valence-electron chi connectivity index (χ3n) is 4.15. The van der Waals surface area contributed by atoms with Gasteiger partial charge in [-0.15, -0.1) is 0 Å². The summed E-state index contributed by atoms with van der Waals surface area (Å²) in [7, 11) is 0. The van der Waals surface area contributed by atoms with Crippen LogP contribution in [-0.4, -0.2) is 5.78 Å². The summed E-state index contributed by atoms with van der Waals surface area (Å²) >= 11 is 2.29. The number of carbonyl (C=O) groups excluding carboxylic acids is 1. The number of halogens is 1. The number of Topliss-reactive ketones (excluding diaryl/α,β-unsaturated/α-hetero) is 1. The molecule has 0 aliphatic carbocycles. The van der Waals surface area contributed by atoms with E-state index in [0.29, 0.717) is 6.42 Å². The Balaban J connectivity index is 1.82. The lowest BCUT2D eigenvalue weighted by atomic mass is 9.97. The standard InChI is InChI=1S/C22H20INO/c1-16-7-9-18(10-8-16)22(25)15-21(17-5-3-2-4-6-17)24-20-13-11-19(23)12-14-20/h2-14,21,24H,15H2,1H3. The van der Waals surface area contributed by atoms with E-state index in [0.717, 1.165) is 22.4 Å². The highest BCUT2D eigenvalue weighted by Gasteiger charge is 2.17. The monoisotopic (exact) mass is 441 g/mol. The van der Waals surface area contributed by atoms with E-state index in [1.54, 1.807) is 0 Å². The van der Waals surface area contributed by atoms with E-state index in [-0.39, 0.29) is 11.8 Å². The van der Waals surface area contributed by atoms with Gasteiger partial charge in [0.25, 0.3) is 0 Å². The van der Waals surface area contributed by atoms with Crippen LogP contribution in [0.3, 0.4) is 0 Å². The first-order valence-electron chi connectivity index (χ1n) is 8.29.